The van der Waals surface area contributed by atoms with E-state index in [1.807, 2.05) is 41.8 Å². The number of hydrogen-bond acceptors (Lipinski definition) is 4. The number of carbonyl (C=O) groups is 2. The molecule has 3 aromatic heterocycles. The maximum absolute atomic E-state index is 13.3. The van der Waals surface area contributed by atoms with Gasteiger partial charge in [-0.2, -0.15) is 0 Å². The summed E-state index contributed by atoms with van der Waals surface area (Å²) in [5.41, 5.74) is 1.31. The van der Waals surface area contributed by atoms with Crippen LogP contribution in [0.4, 0.5) is 11.4 Å². The van der Waals surface area contributed by atoms with Crippen molar-refractivity contribution < 1.29 is 38.3 Å². The van der Waals surface area contributed by atoms with Crippen LogP contribution in [0.15, 0.2) is 84.9 Å². The van der Waals surface area contributed by atoms with Crippen LogP contribution in [0.5, 0.6) is 0 Å². The predicted molar refractivity (Wildman–Crippen MR) is 176 cm³/mol. The van der Waals surface area contributed by atoms with E-state index in [0.29, 0.717) is 41.0 Å². The Hall–Kier alpha value is -4.60. The van der Waals surface area contributed by atoms with Crippen molar-refractivity contribution in [3.05, 3.63) is 84.9 Å². The Balaban J connectivity index is 1.90. The molecule has 3 heterocycles. The fourth-order valence-electron chi connectivity index (χ4n) is 6.46. The van der Waals surface area contributed by atoms with Gasteiger partial charge in [0.15, 0.2) is 0 Å². The van der Waals surface area contributed by atoms with Gasteiger partial charge in [0.1, 0.15) is 0 Å². The van der Waals surface area contributed by atoms with Gasteiger partial charge >= 0.3 is 15.2 Å². The van der Waals surface area contributed by atoms with Gasteiger partial charge in [-0.25, -0.2) is 0 Å². The Bertz CT molecular complexity index is 2490. The third kappa shape index (κ3) is 4.36. The van der Waals surface area contributed by atoms with Crippen LogP contribution in [-0.2, 0) is 25.3 Å². The second-order valence-corrected chi connectivity index (χ2v) is 13.9. The smallest absolute Gasteiger partial charge is 0.339 e. The molecule has 8 aromatic rings. The van der Waals surface area contributed by atoms with Crippen molar-refractivity contribution in [1.29, 1.82) is 0 Å². The Kier molecular flexibility index (Phi) is 6.62. The zero-order valence-corrected chi connectivity index (χ0v) is 25.4. The van der Waals surface area contributed by atoms with Crippen LogP contribution < -0.4 is 15.5 Å². The number of hydrogen-bond donors (Lipinski definition) is 4. The number of aromatic nitrogens is 2. The highest BCUT2D eigenvalue weighted by Crippen LogP contribution is 2.48. The van der Waals surface area contributed by atoms with E-state index in [4.69, 9.17) is 0 Å². The molecule has 8 bridgehead atoms. The molecule has 0 unspecified atom stereocenters. The van der Waals surface area contributed by atoms with Gasteiger partial charge in [-0.05, 0) is 59.5 Å². The second-order valence-electron chi connectivity index (χ2n) is 10.7. The summed E-state index contributed by atoms with van der Waals surface area (Å²) >= 11 is 0. The van der Waals surface area contributed by atoms with Gasteiger partial charge in [0, 0.05) is 28.2 Å². The molecule has 11 nitrogen and oxygen atoms in total. The van der Waals surface area contributed by atoms with Crippen molar-refractivity contribution in [1.82, 2.24) is 9.13 Å². The highest BCUT2D eigenvalue weighted by molar-refractivity contribution is 7.61. The first-order chi connectivity index (χ1) is 21.5. The van der Waals surface area contributed by atoms with Crippen LogP contribution in [0.25, 0.3) is 54.4 Å². The van der Waals surface area contributed by atoms with Crippen LogP contribution in [0.3, 0.4) is 0 Å². The van der Waals surface area contributed by atoms with Gasteiger partial charge in [0.25, 0.3) is 0 Å². The van der Waals surface area contributed by atoms with Crippen LogP contribution in [-0.4, -0.2) is 41.5 Å². The first-order valence-corrected chi connectivity index (χ1v) is 17.1. The Morgan fingerprint density at radius 3 is 2.02 bits per heavy atom. The van der Waals surface area contributed by atoms with Crippen LogP contribution >= 0.6 is 15.2 Å². The number of aryl methyl sites for hydroxylation is 1. The number of carbonyl (C=O) groups excluding carboxylic acids is 2. The quantitative estimate of drug-likeness (QED) is 0.139. The van der Waals surface area contributed by atoms with E-state index in [9.17, 15) is 38.3 Å². The average molecular weight is 642 g/mol. The molecular formula is C32H25N3O8P2. The normalized spacial score (nSPS) is 12.6. The van der Waals surface area contributed by atoms with Crippen molar-refractivity contribution in [2.45, 2.75) is 13.5 Å². The minimum Gasteiger partial charge on any atom is -0.339 e. The Morgan fingerprint density at radius 1 is 0.711 bits per heavy atom. The molecule has 0 radical (unpaired) electrons. The van der Waals surface area contributed by atoms with Gasteiger partial charge in [0.2, 0.25) is 12.8 Å². The van der Waals surface area contributed by atoms with E-state index in [1.54, 1.807) is 18.2 Å². The van der Waals surface area contributed by atoms with E-state index in [1.165, 1.54) is 36.4 Å². The molecule has 1 amide bonds. The van der Waals surface area contributed by atoms with E-state index >= 15 is 0 Å². The molecule has 0 spiro atoms. The molecule has 226 valence electrons. The fraction of sp³-hybridized carbons (Fsp3) is 0.0625. The molecule has 0 aliphatic rings. The lowest BCUT2D eigenvalue weighted by Gasteiger charge is -2.26. The summed E-state index contributed by atoms with van der Waals surface area (Å²) in [5.74, 6) is 0. The van der Waals surface area contributed by atoms with E-state index in [-0.39, 0.29) is 22.4 Å². The van der Waals surface area contributed by atoms with Crippen molar-refractivity contribution in [3.63, 3.8) is 0 Å². The van der Waals surface area contributed by atoms with Gasteiger partial charge < -0.3 is 24.1 Å². The number of nitrogens with zero attached hydrogens (tertiary/aromatic N) is 3. The van der Waals surface area contributed by atoms with Crippen molar-refractivity contribution in [2.24, 2.45) is 0 Å². The SMILES string of the molecule is CCn1c2ccc3ccc4c(N(C=O)c5ccccc5P(=O)(O)O)c5c1c(c4ccc1ccc(P(=O)(O)O)c(c1)n5C=O)c2c3. The molecule has 8 rings (SSSR count). The van der Waals surface area contributed by atoms with Gasteiger partial charge in [-0.1, -0.05) is 48.5 Å². The minimum absolute atomic E-state index is 0.0961. The highest BCUT2D eigenvalue weighted by atomic mass is 31.2. The number of fused-ring (bicyclic) bond motifs is 2. The third-order valence-electron chi connectivity index (χ3n) is 8.27. The molecular weight excluding hydrogens is 616 g/mol. The van der Waals surface area contributed by atoms with E-state index in [2.05, 4.69) is 0 Å². The Labute approximate surface area is 254 Å². The summed E-state index contributed by atoms with van der Waals surface area (Å²) in [7, 11) is -9.86. The lowest BCUT2D eigenvalue weighted by atomic mass is 9.98. The van der Waals surface area contributed by atoms with E-state index in [0.717, 1.165) is 31.1 Å². The third-order valence-corrected chi connectivity index (χ3v) is 10.3. The fourth-order valence-corrected chi connectivity index (χ4v) is 7.96. The number of benzene rings is 4. The van der Waals surface area contributed by atoms with Crippen LogP contribution in [0, 0.1) is 0 Å². The van der Waals surface area contributed by atoms with Crippen molar-refractivity contribution in [3.8, 4) is 0 Å². The van der Waals surface area contributed by atoms with E-state index < -0.39 is 25.8 Å². The average Bonchev–Trinajstić information content (AvgIpc) is 3.30. The first kappa shape index (κ1) is 29.1. The largest absolute Gasteiger partial charge is 0.358 e. The topological polar surface area (TPSA) is 162 Å². The summed E-state index contributed by atoms with van der Waals surface area (Å²) in [6.07, 6.45) is 0.849. The van der Waals surface area contributed by atoms with Crippen LogP contribution in [0.2, 0.25) is 0 Å². The lowest BCUT2D eigenvalue weighted by molar-refractivity contribution is -0.106. The zero-order valence-electron chi connectivity index (χ0n) is 23.6. The molecule has 0 fully saturated rings. The zero-order chi connectivity index (χ0) is 31.8. The van der Waals surface area contributed by atoms with Crippen molar-refractivity contribution in [2.75, 3.05) is 4.90 Å². The molecule has 45 heavy (non-hydrogen) atoms. The molecule has 0 aliphatic carbocycles. The number of rotatable bonds is 7. The standard InChI is InChI=1S/C32H25N3O8P2/c1-2-33-24-13-9-19-8-12-22-21-11-7-20-10-14-28(45(41,42)43)26(16-20)35(18-37)32(31(33)29(21)23(24)15-19)30(22)34(17-36)25-5-3-4-6-27(25)44(38,39)40/h3-18H,2H2,1H3,(H2,38,39,40)(H2,41,42,43). The van der Waals surface area contributed by atoms with Gasteiger partial charge in [0.05, 0.1) is 38.5 Å². The molecule has 13 heteroatoms. The molecule has 0 saturated heterocycles. The molecule has 4 N–H and O–H groups in total. The second kappa shape index (κ2) is 10.2. The lowest BCUT2D eigenvalue weighted by Crippen LogP contribution is -2.23. The maximum Gasteiger partial charge on any atom is 0.358 e. The number of amides is 1. The molecule has 5 aromatic carbocycles. The summed E-state index contributed by atoms with van der Waals surface area (Å²) in [6, 6.07) is 23.0. The predicted octanol–water partition coefficient (Wildman–Crippen LogP) is 5.01. The van der Waals surface area contributed by atoms with Crippen molar-refractivity contribution >= 4 is 104 Å². The molecule has 0 saturated carbocycles. The summed E-state index contributed by atoms with van der Waals surface area (Å²) in [5, 5.41) is 3.36. The number of anilines is 2. The summed E-state index contributed by atoms with van der Waals surface area (Å²) in [4.78, 5) is 68.9. The van der Waals surface area contributed by atoms with Gasteiger partial charge in [-0.3, -0.25) is 28.2 Å². The maximum atomic E-state index is 13.3. The minimum atomic E-state index is -4.94. The summed E-state index contributed by atoms with van der Waals surface area (Å²) in [6.45, 7) is 2.33. The van der Waals surface area contributed by atoms with Gasteiger partial charge in [-0.15, -0.1) is 0 Å². The highest BCUT2D eigenvalue weighted by Gasteiger charge is 2.30. The monoisotopic (exact) mass is 641 g/mol. The Morgan fingerprint density at radius 2 is 1.36 bits per heavy atom. The number of para-hydroxylation sites is 1. The molecule has 0 aliphatic heterocycles. The summed E-state index contributed by atoms with van der Waals surface area (Å²) < 4.78 is 28.5. The first-order valence-electron chi connectivity index (χ1n) is 13.8. The van der Waals surface area contributed by atoms with Crippen LogP contribution in [0.1, 0.15) is 6.92 Å². The molecule has 0 atom stereocenters.